The van der Waals surface area contributed by atoms with E-state index < -0.39 is 23.8 Å². The number of hydrogen-bond acceptors (Lipinski definition) is 5. The van der Waals surface area contributed by atoms with E-state index in [0.717, 1.165) is 16.7 Å². The van der Waals surface area contributed by atoms with Crippen molar-refractivity contribution in [3.05, 3.63) is 33.9 Å². The van der Waals surface area contributed by atoms with Crippen molar-refractivity contribution in [2.24, 2.45) is 0 Å². The Labute approximate surface area is 128 Å². The number of amides is 1. The molecule has 0 spiro atoms. The summed E-state index contributed by atoms with van der Waals surface area (Å²) in [6.07, 6.45) is -2.41. The molecule has 120 valence electrons. The SMILES string of the molecule is CCc1ocnc1C(=O)N[C@H](CC)c1nc(C(F)(F)F)cs1. The van der Waals surface area contributed by atoms with Gasteiger partial charge in [-0.3, -0.25) is 4.79 Å². The number of nitrogens with one attached hydrogen (secondary N) is 1. The van der Waals surface area contributed by atoms with Crippen LogP contribution in [0.4, 0.5) is 13.2 Å². The van der Waals surface area contributed by atoms with Gasteiger partial charge in [0.05, 0.1) is 6.04 Å². The van der Waals surface area contributed by atoms with Crippen LogP contribution in [0.3, 0.4) is 0 Å². The van der Waals surface area contributed by atoms with Crippen LogP contribution in [-0.2, 0) is 12.6 Å². The van der Waals surface area contributed by atoms with Crippen molar-refractivity contribution in [2.75, 3.05) is 0 Å². The maximum atomic E-state index is 12.6. The number of aryl methyl sites for hydroxylation is 1. The number of thiazole rings is 1. The Morgan fingerprint density at radius 1 is 1.45 bits per heavy atom. The average Bonchev–Trinajstić information content (AvgIpc) is 3.11. The van der Waals surface area contributed by atoms with E-state index in [4.69, 9.17) is 4.42 Å². The van der Waals surface area contributed by atoms with Crippen LogP contribution in [0.2, 0.25) is 0 Å². The van der Waals surface area contributed by atoms with Crippen molar-refractivity contribution >= 4 is 17.2 Å². The fraction of sp³-hybridized carbons (Fsp3) is 0.462. The third kappa shape index (κ3) is 3.46. The second kappa shape index (κ2) is 6.47. The molecule has 0 unspecified atom stereocenters. The number of alkyl halides is 3. The molecule has 22 heavy (non-hydrogen) atoms. The molecule has 2 rings (SSSR count). The van der Waals surface area contributed by atoms with Crippen LogP contribution in [0.25, 0.3) is 0 Å². The number of halogens is 3. The zero-order valence-electron chi connectivity index (χ0n) is 11.9. The predicted octanol–water partition coefficient (Wildman–Crippen LogP) is 3.59. The molecule has 0 bridgehead atoms. The number of carbonyl (C=O) groups excluding carboxylic acids is 1. The van der Waals surface area contributed by atoms with Gasteiger partial charge in [0.15, 0.2) is 17.8 Å². The normalized spacial score (nSPS) is 13.1. The zero-order valence-corrected chi connectivity index (χ0v) is 12.7. The van der Waals surface area contributed by atoms with E-state index in [-0.39, 0.29) is 10.7 Å². The fourth-order valence-electron chi connectivity index (χ4n) is 1.85. The van der Waals surface area contributed by atoms with Crippen molar-refractivity contribution in [3.63, 3.8) is 0 Å². The first-order valence-corrected chi connectivity index (χ1v) is 7.50. The van der Waals surface area contributed by atoms with Crippen molar-refractivity contribution in [2.45, 2.75) is 38.9 Å². The molecule has 0 aliphatic rings. The number of nitrogens with zero attached hydrogens (tertiary/aromatic N) is 2. The summed E-state index contributed by atoms with van der Waals surface area (Å²) in [5, 5.41) is 3.80. The van der Waals surface area contributed by atoms with Gasteiger partial charge in [0, 0.05) is 11.8 Å². The van der Waals surface area contributed by atoms with Crippen LogP contribution in [0.1, 0.15) is 53.3 Å². The Morgan fingerprint density at radius 3 is 2.73 bits per heavy atom. The Kier molecular flexibility index (Phi) is 4.84. The van der Waals surface area contributed by atoms with E-state index in [1.54, 1.807) is 6.92 Å². The minimum atomic E-state index is -4.49. The smallest absolute Gasteiger partial charge is 0.434 e. The van der Waals surface area contributed by atoms with Crippen molar-refractivity contribution in [1.82, 2.24) is 15.3 Å². The van der Waals surface area contributed by atoms with E-state index in [1.165, 1.54) is 6.39 Å². The van der Waals surface area contributed by atoms with Crippen LogP contribution < -0.4 is 5.32 Å². The molecule has 2 aromatic rings. The molecule has 0 radical (unpaired) electrons. The van der Waals surface area contributed by atoms with E-state index in [9.17, 15) is 18.0 Å². The number of aromatic nitrogens is 2. The fourth-order valence-corrected chi connectivity index (χ4v) is 2.81. The Balaban J connectivity index is 2.16. The summed E-state index contributed by atoms with van der Waals surface area (Å²) in [5.74, 6) is -0.0521. The van der Waals surface area contributed by atoms with Gasteiger partial charge < -0.3 is 9.73 Å². The maximum Gasteiger partial charge on any atom is 0.434 e. The molecule has 1 N–H and O–H groups in total. The van der Waals surface area contributed by atoms with Crippen LogP contribution in [0, 0.1) is 0 Å². The van der Waals surface area contributed by atoms with E-state index in [0.29, 0.717) is 18.6 Å². The van der Waals surface area contributed by atoms with Crippen LogP contribution >= 0.6 is 11.3 Å². The third-order valence-corrected chi connectivity index (χ3v) is 3.96. The van der Waals surface area contributed by atoms with Gasteiger partial charge in [-0.1, -0.05) is 13.8 Å². The molecule has 0 aliphatic carbocycles. The molecular formula is C13H14F3N3O2S. The van der Waals surface area contributed by atoms with Crippen LogP contribution in [-0.4, -0.2) is 15.9 Å². The lowest BCUT2D eigenvalue weighted by Gasteiger charge is -2.13. The van der Waals surface area contributed by atoms with E-state index >= 15 is 0 Å². The lowest BCUT2D eigenvalue weighted by molar-refractivity contribution is -0.140. The molecule has 0 aromatic carbocycles. The molecule has 2 heterocycles. The number of oxazole rings is 1. The molecule has 5 nitrogen and oxygen atoms in total. The summed E-state index contributed by atoms with van der Waals surface area (Å²) in [6, 6.07) is -0.602. The molecule has 0 aliphatic heterocycles. The highest BCUT2D eigenvalue weighted by Crippen LogP contribution is 2.32. The van der Waals surface area contributed by atoms with Gasteiger partial charge in [-0.15, -0.1) is 11.3 Å². The molecule has 0 saturated carbocycles. The first-order valence-electron chi connectivity index (χ1n) is 6.62. The lowest BCUT2D eigenvalue weighted by Crippen LogP contribution is -2.29. The van der Waals surface area contributed by atoms with Crippen LogP contribution in [0.15, 0.2) is 16.2 Å². The molecular weight excluding hydrogens is 319 g/mol. The van der Waals surface area contributed by atoms with Gasteiger partial charge in [0.2, 0.25) is 0 Å². The first kappa shape index (κ1) is 16.5. The molecule has 1 amide bonds. The van der Waals surface area contributed by atoms with Gasteiger partial charge in [-0.25, -0.2) is 9.97 Å². The summed E-state index contributed by atoms with van der Waals surface area (Å²) in [5.41, 5.74) is -0.801. The lowest BCUT2D eigenvalue weighted by atomic mass is 10.2. The second-order valence-corrected chi connectivity index (χ2v) is 5.37. The van der Waals surface area contributed by atoms with E-state index in [1.807, 2.05) is 6.92 Å². The van der Waals surface area contributed by atoms with Gasteiger partial charge in [-0.05, 0) is 6.42 Å². The molecule has 0 fully saturated rings. The van der Waals surface area contributed by atoms with Gasteiger partial charge in [-0.2, -0.15) is 13.2 Å². The highest BCUT2D eigenvalue weighted by molar-refractivity contribution is 7.09. The summed E-state index contributed by atoms with van der Waals surface area (Å²) in [7, 11) is 0. The molecule has 9 heteroatoms. The van der Waals surface area contributed by atoms with Crippen LogP contribution in [0.5, 0.6) is 0 Å². The second-order valence-electron chi connectivity index (χ2n) is 4.48. The largest absolute Gasteiger partial charge is 0.448 e. The maximum absolute atomic E-state index is 12.6. The third-order valence-electron chi connectivity index (χ3n) is 3.00. The minimum absolute atomic E-state index is 0.147. The topological polar surface area (TPSA) is 68.0 Å². The number of carbonyl (C=O) groups is 1. The first-order chi connectivity index (χ1) is 10.4. The molecule has 1 atom stereocenters. The Hall–Kier alpha value is -1.90. The van der Waals surface area contributed by atoms with Crippen molar-refractivity contribution in [3.8, 4) is 0 Å². The Morgan fingerprint density at radius 2 is 2.18 bits per heavy atom. The monoisotopic (exact) mass is 333 g/mol. The summed E-state index contributed by atoms with van der Waals surface area (Å²) < 4.78 is 42.8. The quantitative estimate of drug-likeness (QED) is 0.908. The summed E-state index contributed by atoms with van der Waals surface area (Å²) >= 11 is 0.869. The predicted molar refractivity (Wildman–Crippen MR) is 73.5 cm³/mol. The van der Waals surface area contributed by atoms with Gasteiger partial charge in [0.1, 0.15) is 10.8 Å². The van der Waals surface area contributed by atoms with E-state index in [2.05, 4.69) is 15.3 Å². The Bertz CT molecular complexity index is 651. The number of rotatable bonds is 5. The summed E-state index contributed by atoms with van der Waals surface area (Å²) in [6.45, 7) is 3.56. The highest BCUT2D eigenvalue weighted by atomic mass is 32.1. The zero-order chi connectivity index (χ0) is 16.3. The highest BCUT2D eigenvalue weighted by Gasteiger charge is 2.34. The average molecular weight is 333 g/mol. The molecule has 2 aromatic heterocycles. The van der Waals surface area contributed by atoms with Crippen molar-refractivity contribution in [1.29, 1.82) is 0 Å². The summed E-state index contributed by atoms with van der Waals surface area (Å²) in [4.78, 5) is 19.6. The number of hydrogen-bond donors (Lipinski definition) is 1. The standard InChI is InChI=1S/C13H14F3N3O2S/c1-3-7(12-19-9(5-22-12)13(14,15)16)18-11(20)10-8(4-2)21-6-17-10/h5-7H,3-4H2,1-2H3,(H,18,20)/t7-/m1/s1. The van der Waals surface area contributed by atoms with Crippen molar-refractivity contribution < 1.29 is 22.4 Å². The van der Waals surface area contributed by atoms with Gasteiger partial charge >= 0.3 is 6.18 Å². The molecule has 0 saturated heterocycles. The minimum Gasteiger partial charge on any atom is -0.448 e. The van der Waals surface area contributed by atoms with Gasteiger partial charge in [0.25, 0.3) is 5.91 Å².